The second-order valence-corrected chi connectivity index (χ2v) is 2.04. The summed E-state index contributed by atoms with van der Waals surface area (Å²) >= 11 is 0. The average Bonchev–Trinajstić information content (AvgIpc) is 2.60. The van der Waals surface area contributed by atoms with Crippen LogP contribution in [0.1, 0.15) is 5.89 Å². The first-order chi connectivity index (χ1) is 5.45. The molecule has 0 fully saturated rings. The zero-order valence-electron chi connectivity index (χ0n) is 5.71. The fraction of sp³-hybridized carbons (Fsp3) is 0.167. The molecule has 5 heteroatoms. The normalized spacial score (nSPS) is 10.2. The maximum atomic E-state index is 4.78. The van der Waals surface area contributed by atoms with Gasteiger partial charge in [0.1, 0.15) is 6.54 Å². The van der Waals surface area contributed by atoms with Crippen LogP contribution in [-0.4, -0.2) is 19.9 Å². The van der Waals surface area contributed by atoms with Gasteiger partial charge in [-0.05, 0) is 6.07 Å². The van der Waals surface area contributed by atoms with E-state index >= 15 is 0 Å². The molecule has 2 aromatic rings. The SMILES string of the molecule is c1cnn(Cc2ncno2)c1. The summed E-state index contributed by atoms with van der Waals surface area (Å²) in [6, 6.07) is 1.84. The van der Waals surface area contributed by atoms with Gasteiger partial charge in [-0.15, -0.1) is 0 Å². The topological polar surface area (TPSA) is 56.7 Å². The molecular weight excluding hydrogens is 144 g/mol. The molecule has 0 atom stereocenters. The number of nitrogens with zero attached hydrogens (tertiary/aromatic N) is 4. The van der Waals surface area contributed by atoms with Gasteiger partial charge >= 0.3 is 0 Å². The van der Waals surface area contributed by atoms with Crippen molar-refractivity contribution in [3.05, 3.63) is 30.7 Å². The lowest BCUT2D eigenvalue weighted by Crippen LogP contribution is -1.99. The summed E-state index contributed by atoms with van der Waals surface area (Å²) in [4.78, 5) is 3.85. The highest BCUT2D eigenvalue weighted by atomic mass is 16.5. The van der Waals surface area contributed by atoms with Crippen molar-refractivity contribution in [1.82, 2.24) is 19.9 Å². The molecule has 0 radical (unpaired) electrons. The van der Waals surface area contributed by atoms with Crippen molar-refractivity contribution in [3.63, 3.8) is 0 Å². The van der Waals surface area contributed by atoms with Crippen molar-refractivity contribution < 1.29 is 4.52 Å². The number of rotatable bonds is 2. The molecule has 0 saturated heterocycles. The smallest absolute Gasteiger partial charge is 0.248 e. The Bertz CT molecular complexity index is 267. The highest BCUT2D eigenvalue weighted by Gasteiger charge is 1.98. The molecule has 0 aliphatic heterocycles. The minimum atomic E-state index is 0.535. The Hall–Kier alpha value is -1.65. The van der Waals surface area contributed by atoms with Crippen LogP contribution < -0.4 is 0 Å². The molecule has 0 saturated carbocycles. The maximum absolute atomic E-state index is 4.78. The van der Waals surface area contributed by atoms with Gasteiger partial charge in [-0.2, -0.15) is 10.1 Å². The Morgan fingerprint density at radius 2 is 2.55 bits per heavy atom. The first-order valence-corrected chi connectivity index (χ1v) is 3.18. The maximum Gasteiger partial charge on any atom is 0.248 e. The van der Waals surface area contributed by atoms with Crippen molar-refractivity contribution in [1.29, 1.82) is 0 Å². The number of aromatic nitrogens is 4. The molecule has 5 nitrogen and oxygen atoms in total. The largest absolute Gasteiger partial charge is 0.338 e. The van der Waals surface area contributed by atoms with Gasteiger partial charge in [-0.3, -0.25) is 4.68 Å². The van der Waals surface area contributed by atoms with Crippen LogP contribution in [0.15, 0.2) is 29.3 Å². The lowest BCUT2D eigenvalue weighted by Gasteiger charge is -1.92. The zero-order valence-corrected chi connectivity index (χ0v) is 5.71. The van der Waals surface area contributed by atoms with E-state index in [1.54, 1.807) is 10.9 Å². The first kappa shape index (κ1) is 6.09. The third-order valence-corrected chi connectivity index (χ3v) is 1.26. The van der Waals surface area contributed by atoms with E-state index in [1.165, 1.54) is 6.33 Å². The predicted octanol–water partition coefficient (Wildman–Crippen LogP) is 0.314. The molecule has 0 bridgehead atoms. The predicted molar refractivity (Wildman–Crippen MR) is 35.6 cm³/mol. The van der Waals surface area contributed by atoms with Crippen molar-refractivity contribution in [3.8, 4) is 0 Å². The third kappa shape index (κ3) is 1.26. The second kappa shape index (κ2) is 2.53. The van der Waals surface area contributed by atoms with E-state index in [9.17, 15) is 0 Å². The van der Waals surface area contributed by atoms with Crippen LogP contribution in [0, 0.1) is 0 Å². The van der Waals surface area contributed by atoms with Crippen LogP contribution in [0.2, 0.25) is 0 Å². The van der Waals surface area contributed by atoms with Crippen LogP contribution in [0.4, 0.5) is 0 Å². The molecule has 2 rings (SSSR count). The van der Waals surface area contributed by atoms with Crippen LogP contribution in [0.25, 0.3) is 0 Å². The monoisotopic (exact) mass is 150 g/mol. The van der Waals surface area contributed by atoms with E-state index in [4.69, 9.17) is 4.52 Å². The van der Waals surface area contributed by atoms with Crippen LogP contribution >= 0.6 is 0 Å². The van der Waals surface area contributed by atoms with E-state index in [1.807, 2.05) is 12.3 Å². The van der Waals surface area contributed by atoms with Crippen LogP contribution in [0.5, 0.6) is 0 Å². The average molecular weight is 150 g/mol. The molecule has 2 heterocycles. The molecule has 2 aromatic heterocycles. The molecular formula is C6H6N4O. The summed E-state index contributed by atoms with van der Waals surface area (Å²) < 4.78 is 6.50. The quantitative estimate of drug-likeness (QED) is 0.618. The molecule has 56 valence electrons. The number of hydrogen-bond acceptors (Lipinski definition) is 4. The standard InChI is InChI=1S/C6H6N4O/c1-2-8-10(3-1)4-6-7-5-9-11-6/h1-3,5H,4H2. The Kier molecular flexibility index (Phi) is 1.40. The van der Waals surface area contributed by atoms with Gasteiger partial charge in [0, 0.05) is 12.4 Å². The summed E-state index contributed by atoms with van der Waals surface area (Å²) in [6.45, 7) is 0.535. The Morgan fingerprint density at radius 3 is 3.18 bits per heavy atom. The van der Waals surface area contributed by atoms with Crippen LogP contribution in [0.3, 0.4) is 0 Å². The fourth-order valence-corrected chi connectivity index (χ4v) is 0.798. The van der Waals surface area contributed by atoms with E-state index in [0.29, 0.717) is 12.4 Å². The highest BCUT2D eigenvalue weighted by molar-refractivity contribution is 4.82. The lowest BCUT2D eigenvalue weighted by molar-refractivity contribution is 0.365. The Labute approximate surface area is 62.6 Å². The molecule has 0 unspecified atom stereocenters. The molecule has 11 heavy (non-hydrogen) atoms. The molecule has 0 aliphatic rings. The van der Waals surface area contributed by atoms with Crippen molar-refractivity contribution in [2.24, 2.45) is 0 Å². The summed E-state index contributed by atoms with van der Waals surface area (Å²) in [7, 11) is 0. The minimum absolute atomic E-state index is 0.535. The summed E-state index contributed by atoms with van der Waals surface area (Å²) in [5.41, 5.74) is 0. The molecule has 0 aliphatic carbocycles. The van der Waals surface area contributed by atoms with Crippen molar-refractivity contribution >= 4 is 0 Å². The fourth-order valence-electron chi connectivity index (χ4n) is 0.798. The van der Waals surface area contributed by atoms with Gasteiger partial charge in [0.25, 0.3) is 0 Å². The zero-order chi connectivity index (χ0) is 7.52. The Morgan fingerprint density at radius 1 is 1.55 bits per heavy atom. The van der Waals surface area contributed by atoms with Gasteiger partial charge < -0.3 is 4.52 Å². The van der Waals surface area contributed by atoms with Gasteiger partial charge in [0.2, 0.25) is 5.89 Å². The second-order valence-electron chi connectivity index (χ2n) is 2.04. The van der Waals surface area contributed by atoms with Gasteiger partial charge in [-0.1, -0.05) is 5.16 Å². The van der Waals surface area contributed by atoms with E-state index < -0.39 is 0 Å². The molecule has 0 N–H and O–H groups in total. The molecule has 0 aromatic carbocycles. The third-order valence-electron chi connectivity index (χ3n) is 1.26. The minimum Gasteiger partial charge on any atom is -0.338 e. The number of hydrogen-bond donors (Lipinski definition) is 0. The van der Waals surface area contributed by atoms with Gasteiger partial charge in [-0.25, -0.2) is 0 Å². The van der Waals surface area contributed by atoms with Crippen molar-refractivity contribution in [2.45, 2.75) is 6.54 Å². The van der Waals surface area contributed by atoms with Gasteiger partial charge in [0.15, 0.2) is 6.33 Å². The Balaban J connectivity index is 2.14. The molecule has 0 amide bonds. The van der Waals surface area contributed by atoms with E-state index in [-0.39, 0.29) is 0 Å². The summed E-state index contributed by atoms with van der Waals surface area (Å²) in [5, 5.41) is 7.46. The molecule has 0 spiro atoms. The van der Waals surface area contributed by atoms with E-state index in [2.05, 4.69) is 15.2 Å². The first-order valence-electron chi connectivity index (χ1n) is 3.18. The lowest BCUT2D eigenvalue weighted by atomic mass is 10.6. The van der Waals surface area contributed by atoms with Crippen LogP contribution in [-0.2, 0) is 6.54 Å². The van der Waals surface area contributed by atoms with Gasteiger partial charge in [0.05, 0.1) is 0 Å². The summed E-state index contributed by atoms with van der Waals surface area (Å²) in [6.07, 6.45) is 4.92. The highest BCUT2D eigenvalue weighted by Crippen LogP contribution is 1.94. The van der Waals surface area contributed by atoms with E-state index in [0.717, 1.165) is 0 Å². The summed E-state index contributed by atoms with van der Waals surface area (Å²) in [5.74, 6) is 0.564. The van der Waals surface area contributed by atoms with Crippen molar-refractivity contribution in [2.75, 3.05) is 0 Å².